The minimum Gasteiger partial charge on any atom is -0.325 e. The van der Waals surface area contributed by atoms with Crippen molar-refractivity contribution in [2.24, 2.45) is 5.73 Å². The van der Waals surface area contributed by atoms with Gasteiger partial charge < -0.3 is 11.1 Å². The van der Waals surface area contributed by atoms with Crippen LogP contribution in [0.5, 0.6) is 0 Å². The Hall–Kier alpha value is -2.21. The lowest BCUT2D eigenvalue weighted by Crippen LogP contribution is -2.35. The van der Waals surface area contributed by atoms with Crippen molar-refractivity contribution in [1.82, 2.24) is 9.78 Å². The number of carbonyl (C=O) groups excluding carboxylic acids is 1. The Morgan fingerprint density at radius 3 is 2.95 bits per heavy atom. The van der Waals surface area contributed by atoms with Gasteiger partial charge in [0.1, 0.15) is 5.69 Å². The molecule has 1 atom stereocenters. The van der Waals surface area contributed by atoms with E-state index in [-0.39, 0.29) is 5.91 Å². The summed E-state index contributed by atoms with van der Waals surface area (Å²) < 4.78 is 15.4. The average Bonchev–Trinajstić information content (AvgIpc) is 2.93. The van der Waals surface area contributed by atoms with Gasteiger partial charge in [0.15, 0.2) is 5.82 Å². The molecule has 0 aliphatic heterocycles. The molecule has 1 heterocycles. The minimum absolute atomic E-state index is 0.307. The number of aromatic nitrogens is 2. The molecule has 3 N–H and O–H groups in total. The Kier molecular flexibility index (Phi) is 4.47. The Bertz CT molecular complexity index is 583. The first-order valence-corrected chi connectivity index (χ1v) is 6.48. The van der Waals surface area contributed by atoms with Crippen molar-refractivity contribution >= 4 is 11.6 Å². The summed E-state index contributed by atoms with van der Waals surface area (Å²) >= 11 is 0. The van der Waals surface area contributed by atoms with Gasteiger partial charge in [-0.15, -0.1) is 0 Å². The lowest BCUT2D eigenvalue weighted by atomic mass is 10.1. The van der Waals surface area contributed by atoms with Crippen LogP contribution in [0, 0.1) is 5.82 Å². The molecule has 0 fully saturated rings. The molecule has 5 nitrogen and oxygen atoms in total. The number of rotatable bonds is 5. The van der Waals surface area contributed by atoms with E-state index < -0.39 is 11.9 Å². The molecule has 0 saturated heterocycles. The summed E-state index contributed by atoms with van der Waals surface area (Å²) in [4.78, 5) is 11.8. The van der Waals surface area contributed by atoms with E-state index in [0.717, 1.165) is 6.42 Å². The molecule has 106 valence electrons. The molecular formula is C14H17FN4O. The predicted octanol–water partition coefficient (Wildman–Crippen LogP) is 2.08. The highest BCUT2D eigenvalue weighted by Crippen LogP contribution is 2.17. The number of benzene rings is 1. The van der Waals surface area contributed by atoms with Gasteiger partial charge in [0, 0.05) is 18.1 Å². The van der Waals surface area contributed by atoms with E-state index in [9.17, 15) is 9.18 Å². The monoisotopic (exact) mass is 276 g/mol. The molecule has 0 bridgehead atoms. The van der Waals surface area contributed by atoms with Crippen molar-refractivity contribution in [3.05, 3.63) is 42.5 Å². The summed E-state index contributed by atoms with van der Waals surface area (Å²) in [6.07, 6.45) is 4.63. The third kappa shape index (κ3) is 3.21. The van der Waals surface area contributed by atoms with Gasteiger partial charge in [-0.3, -0.25) is 4.79 Å². The lowest BCUT2D eigenvalue weighted by Gasteiger charge is -2.12. The topological polar surface area (TPSA) is 72.9 Å². The Balaban J connectivity index is 2.12. The Morgan fingerprint density at radius 1 is 1.55 bits per heavy atom. The van der Waals surface area contributed by atoms with E-state index in [0.29, 0.717) is 17.8 Å². The number of nitrogens with two attached hydrogens (primary N) is 1. The standard InChI is InChI=1S/C14H17FN4O/c1-2-4-12(16)14(20)18-10-5-6-13(11(15)9-10)19-8-3-7-17-19/h3,5-9,12H,2,4,16H2,1H3,(H,18,20). The van der Waals surface area contributed by atoms with Crippen molar-refractivity contribution in [2.75, 3.05) is 5.32 Å². The van der Waals surface area contributed by atoms with Gasteiger partial charge in [0.25, 0.3) is 0 Å². The van der Waals surface area contributed by atoms with E-state index >= 15 is 0 Å². The van der Waals surface area contributed by atoms with E-state index in [1.807, 2.05) is 6.92 Å². The van der Waals surface area contributed by atoms with Gasteiger partial charge in [-0.1, -0.05) is 13.3 Å². The Labute approximate surface area is 116 Å². The fourth-order valence-corrected chi connectivity index (χ4v) is 1.86. The molecule has 1 aromatic heterocycles. The first kappa shape index (κ1) is 14.2. The van der Waals surface area contributed by atoms with Crippen LogP contribution in [0.15, 0.2) is 36.7 Å². The summed E-state index contributed by atoms with van der Waals surface area (Å²) in [6.45, 7) is 1.95. The maximum Gasteiger partial charge on any atom is 0.241 e. The van der Waals surface area contributed by atoms with Crippen LogP contribution < -0.4 is 11.1 Å². The van der Waals surface area contributed by atoms with Gasteiger partial charge in [-0.05, 0) is 30.7 Å². The van der Waals surface area contributed by atoms with Crippen molar-refractivity contribution in [3.63, 3.8) is 0 Å². The number of carbonyl (C=O) groups is 1. The highest BCUT2D eigenvalue weighted by molar-refractivity contribution is 5.94. The number of nitrogens with one attached hydrogen (secondary N) is 1. The van der Waals surface area contributed by atoms with E-state index in [1.165, 1.54) is 10.7 Å². The zero-order valence-corrected chi connectivity index (χ0v) is 11.2. The summed E-state index contributed by atoms with van der Waals surface area (Å²) in [5.41, 5.74) is 6.41. The van der Waals surface area contributed by atoms with Crippen LogP contribution >= 0.6 is 0 Å². The maximum atomic E-state index is 14.0. The molecule has 2 aromatic rings. The fraction of sp³-hybridized carbons (Fsp3) is 0.286. The van der Waals surface area contributed by atoms with E-state index in [4.69, 9.17) is 5.73 Å². The third-order valence-corrected chi connectivity index (χ3v) is 2.90. The molecule has 1 amide bonds. The van der Waals surface area contributed by atoms with Crippen LogP contribution in [-0.4, -0.2) is 21.7 Å². The predicted molar refractivity (Wildman–Crippen MR) is 75.0 cm³/mol. The second kappa shape index (κ2) is 6.29. The molecule has 0 aliphatic rings. The van der Waals surface area contributed by atoms with Crippen LogP contribution in [0.1, 0.15) is 19.8 Å². The van der Waals surface area contributed by atoms with Crippen molar-refractivity contribution in [2.45, 2.75) is 25.8 Å². The van der Waals surface area contributed by atoms with Gasteiger partial charge in [-0.25, -0.2) is 9.07 Å². The highest BCUT2D eigenvalue weighted by Gasteiger charge is 2.13. The van der Waals surface area contributed by atoms with Crippen LogP contribution in [0.25, 0.3) is 5.69 Å². The van der Waals surface area contributed by atoms with E-state index in [1.54, 1.807) is 30.6 Å². The number of hydrogen-bond acceptors (Lipinski definition) is 3. The molecule has 0 aliphatic carbocycles. The number of amides is 1. The summed E-state index contributed by atoms with van der Waals surface area (Å²) in [7, 11) is 0. The molecule has 0 spiro atoms. The zero-order chi connectivity index (χ0) is 14.5. The molecule has 20 heavy (non-hydrogen) atoms. The summed E-state index contributed by atoms with van der Waals surface area (Å²) in [5.74, 6) is -0.770. The Morgan fingerprint density at radius 2 is 2.35 bits per heavy atom. The fourth-order valence-electron chi connectivity index (χ4n) is 1.86. The molecule has 1 unspecified atom stereocenters. The second-order valence-corrected chi connectivity index (χ2v) is 4.50. The number of anilines is 1. The number of nitrogens with zero attached hydrogens (tertiary/aromatic N) is 2. The van der Waals surface area contributed by atoms with E-state index in [2.05, 4.69) is 10.4 Å². The molecule has 0 saturated carbocycles. The minimum atomic E-state index is -0.575. The normalized spacial score (nSPS) is 12.2. The van der Waals surface area contributed by atoms with Gasteiger partial charge >= 0.3 is 0 Å². The quantitative estimate of drug-likeness (QED) is 0.878. The van der Waals surface area contributed by atoms with Crippen LogP contribution in [0.3, 0.4) is 0 Å². The second-order valence-electron chi connectivity index (χ2n) is 4.50. The van der Waals surface area contributed by atoms with Crippen molar-refractivity contribution in [3.8, 4) is 5.69 Å². The van der Waals surface area contributed by atoms with Crippen molar-refractivity contribution in [1.29, 1.82) is 0 Å². The molecule has 2 rings (SSSR count). The molecular weight excluding hydrogens is 259 g/mol. The lowest BCUT2D eigenvalue weighted by molar-refractivity contribution is -0.117. The first-order valence-electron chi connectivity index (χ1n) is 6.48. The third-order valence-electron chi connectivity index (χ3n) is 2.90. The smallest absolute Gasteiger partial charge is 0.241 e. The maximum absolute atomic E-state index is 14.0. The largest absolute Gasteiger partial charge is 0.325 e. The molecule has 6 heteroatoms. The first-order chi connectivity index (χ1) is 9.61. The number of halogens is 1. The highest BCUT2D eigenvalue weighted by atomic mass is 19.1. The van der Waals surface area contributed by atoms with Gasteiger partial charge in [0.05, 0.1) is 6.04 Å². The van der Waals surface area contributed by atoms with Gasteiger partial charge in [-0.2, -0.15) is 5.10 Å². The van der Waals surface area contributed by atoms with Crippen LogP contribution in [0.4, 0.5) is 10.1 Å². The van der Waals surface area contributed by atoms with Crippen molar-refractivity contribution < 1.29 is 9.18 Å². The van der Waals surface area contributed by atoms with Crippen LogP contribution in [0.2, 0.25) is 0 Å². The zero-order valence-electron chi connectivity index (χ0n) is 11.2. The van der Waals surface area contributed by atoms with Gasteiger partial charge in [0.2, 0.25) is 5.91 Å². The SMILES string of the molecule is CCCC(N)C(=O)Nc1ccc(-n2cccn2)c(F)c1. The summed E-state index contributed by atoms with van der Waals surface area (Å²) in [5, 5.41) is 6.57. The average molecular weight is 276 g/mol. The number of hydrogen-bond donors (Lipinski definition) is 2. The molecule has 0 radical (unpaired) electrons. The summed E-state index contributed by atoms with van der Waals surface area (Å²) in [6, 6.07) is 5.57. The van der Waals surface area contributed by atoms with Crippen LogP contribution in [-0.2, 0) is 4.79 Å². The molecule has 1 aromatic carbocycles.